The highest BCUT2D eigenvalue weighted by Gasteiger charge is 2.11. The minimum absolute atomic E-state index is 0.515. The van der Waals surface area contributed by atoms with Crippen LogP contribution < -0.4 is 5.73 Å². The predicted octanol–water partition coefficient (Wildman–Crippen LogP) is 3.41. The Balaban J connectivity index is 2.88. The van der Waals surface area contributed by atoms with Gasteiger partial charge in [-0.2, -0.15) is 0 Å². The molecule has 0 aliphatic carbocycles. The Morgan fingerprint density at radius 1 is 1.40 bits per heavy atom. The maximum atomic E-state index is 6.10. The second-order valence-electron chi connectivity index (χ2n) is 3.41. The average Bonchev–Trinajstić information content (AvgIpc) is 2.51. The summed E-state index contributed by atoms with van der Waals surface area (Å²) in [7, 11) is 1.92. The largest absolute Gasteiger partial charge is 0.398 e. The van der Waals surface area contributed by atoms with E-state index in [2.05, 4.69) is 6.58 Å². The molecule has 78 valence electrons. The number of rotatable bonds is 1. The van der Waals surface area contributed by atoms with E-state index in [1.165, 1.54) is 0 Å². The Morgan fingerprint density at radius 2 is 2.07 bits per heavy atom. The normalized spacial score (nSPS) is 10.9. The second-order valence-corrected chi connectivity index (χ2v) is 4.19. The summed E-state index contributed by atoms with van der Waals surface area (Å²) >= 11 is 12.0. The number of aryl methyl sites for hydroxylation is 1. The third-order valence-corrected chi connectivity index (χ3v) is 3.26. The summed E-state index contributed by atoms with van der Waals surface area (Å²) in [5, 5.41) is 1.99. The molecule has 0 radical (unpaired) electrons. The van der Waals surface area contributed by atoms with Gasteiger partial charge in [0.15, 0.2) is 0 Å². The molecular formula is C11H10Cl2N2. The van der Waals surface area contributed by atoms with E-state index in [4.69, 9.17) is 28.9 Å². The highest BCUT2D eigenvalue weighted by atomic mass is 35.5. The molecule has 0 bridgehead atoms. The molecule has 4 heteroatoms. The number of halogens is 2. The fourth-order valence-corrected chi connectivity index (χ4v) is 2.04. The van der Waals surface area contributed by atoms with Crippen LogP contribution in [0.2, 0.25) is 10.0 Å². The zero-order chi connectivity index (χ0) is 11.2. The van der Waals surface area contributed by atoms with Crippen molar-refractivity contribution in [2.24, 2.45) is 12.8 Å². The van der Waals surface area contributed by atoms with E-state index >= 15 is 0 Å². The van der Waals surface area contributed by atoms with E-state index in [0.717, 1.165) is 16.6 Å². The molecule has 0 saturated carbocycles. The molecule has 2 nitrogen and oxygen atoms in total. The molecule has 1 aromatic heterocycles. The van der Waals surface area contributed by atoms with Crippen molar-refractivity contribution in [1.29, 1.82) is 0 Å². The molecule has 2 rings (SSSR count). The lowest BCUT2D eigenvalue weighted by Gasteiger charge is -2.02. The van der Waals surface area contributed by atoms with Gasteiger partial charge >= 0.3 is 0 Å². The number of nitrogens with two attached hydrogens (primary N) is 1. The van der Waals surface area contributed by atoms with Crippen molar-refractivity contribution in [3.05, 3.63) is 40.5 Å². The van der Waals surface area contributed by atoms with Gasteiger partial charge in [0.05, 0.1) is 15.7 Å². The van der Waals surface area contributed by atoms with Crippen LogP contribution in [-0.2, 0) is 7.05 Å². The third-order valence-electron chi connectivity index (χ3n) is 2.44. The van der Waals surface area contributed by atoms with E-state index in [1.807, 2.05) is 23.7 Å². The van der Waals surface area contributed by atoms with Gasteiger partial charge < -0.3 is 10.3 Å². The van der Waals surface area contributed by atoms with Crippen LogP contribution in [0.3, 0.4) is 0 Å². The molecule has 0 saturated heterocycles. The first-order valence-electron chi connectivity index (χ1n) is 4.40. The van der Waals surface area contributed by atoms with Crippen LogP contribution in [0.5, 0.6) is 0 Å². The van der Waals surface area contributed by atoms with Crippen molar-refractivity contribution in [3.63, 3.8) is 0 Å². The Morgan fingerprint density at radius 3 is 2.67 bits per heavy atom. The van der Waals surface area contributed by atoms with Crippen LogP contribution in [0.1, 0.15) is 5.69 Å². The van der Waals surface area contributed by atoms with E-state index in [1.54, 1.807) is 6.07 Å². The van der Waals surface area contributed by atoms with Gasteiger partial charge in [0, 0.05) is 23.6 Å². The summed E-state index contributed by atoms with van der Waals surface area (Å²) in [4.78, 5) is 0. The maximum Gasteiger partial charge on any atom is 0.0686 e. The number of fused-ring (bicyclic) bond motifs is 1. The molecule has 0 fully saturated rings. The number of hydrogen-bond donors (Lipinski definition) is 1. The Hall–Kier alpha value is -1.12. The third kappa shape index (κ3) is 1.50. The van der Waals surface area contributed by atoms with Crippen LogP contribution in [0.15, 0.2) is 24.8 Å². The monoisotopic (exact) mass is 240 g/mol. The van der Waals surface area contributed by atoms with Gasteiger partial charge in [0.1, 0.15) is 0 Å². The molecule has 2 aromatic rings. The highest BCUT2D eigenvalue weighted by Crippen LogP contribution is 2.33. The Bertz CT molecular complexity index is 555. The smallest absolute Gasteiger partial charge is 0.0686 e. The van der Waals surface area contributed by atoms with E-state index < -0.39 is 0 Å². The van der Waals surface area contributed by atoms with Crippen molar-refractivity contribution >= 4 is 39.8 Å². The fourth-order valence-electron chi connectivity index (χ4n) is 1.66. The minimum Gasteiger partial charge on any atom is -0.398 e. The van der Waals surface area contributed by atoms with Crippen LogP contribution in [-0.4, -0.2) is 4.57 Å². The molecule has 0 atom stereocenters. The topological polar surface area (TPSA) is 30.9 Å². The van der Waals surface area contributed by atoms with Crippen molar-refractivity contribution < 1.29 is 0 Å². The van der Waals surface area contributed by atoms with Crippen LogP contribution in [0.25, 0.3) is 16.6 Å². The van der Waals surface area contributed by atoms with Crippen molar-refractivity contribution in [2.75, 3.05) is 0 Å². The van der Waals surface area contributed by atoms with Gasteiger partial charge in [0.2, 0.25) is 0 Å². The van der Waals surface area contributed by atoms with E-state index in [9.17, 15) is 0 Å². The van der Waals surface area contributed by atoms with Crippen LogP contribution in [0.4, 0.5) is 0 Å². The first-order valence-corrected chi connectivity index (χ1v) is 5.16. The minimum atomic E-state index is 0.515. The molecule has 1 heterocycles. The predicted molar refractivity (Wildman–Crippen MR) is 66.2 cm³/mol. The zero-order valence-electron chi connectivity index (χ0n) is 8.22. The van der Waals surface area contributed by atoms with E-state index in [0.29, 0.717) is 15.7 Å². The van der Waals surface area contributed by atoms with Crippen molar-refractivity contribution in [2.45, 2.75) is 0 Å². The molecule has 0 aliphatic rings. The van der Waals surface area contributed by atoms with Gasteiger partial charge in [0.25, 0.3) is 0 Å². The van der Waals surface area contributed by atoms with Gasteiger partial charge in [-0.25, -0.2) is 0 Å². The SMILES string of the molecule is C=C(N)c1cc2c(Cl)c(Cl)ccc2n1C. The van der Waals surface area contributed by atoms with Gasteiger partial charge in [-0.05, 0) is 18.2 Å². The standard InChI is InChI=1S/C11H10Cl2N2/c1-6(14)10-5-7-9(15(10)2)4-3-8(12)11(7)13/h3-5H,1,14H2,2H3. The lowest BCUT2D eigenvalue weighted by atomic mass is 10.2. The number of aromatic nitrogens is 1. The summed E-state index contributed by atoms with van der Waals surface area (Å²) in [6.45, 7) is 3.71. The highest BCUT2D eigenvalue weighted by molar-refractivity contribution is 6.45. The lowest BCUT2D eigenvalue weighted by Crippen LogP contribution is -2.00. The molecule has 0 aliphatic heterocycles. The van der Waals surface area contributed by atoms with Crippen molar-refractivity contribution in [3.8, 4) is 0 Å². The molecule has 1 aromatic carbocycles. The first kappa shape index (κ1) is 10.4. The summed E-state index contributed by atoms with van der Waals surface area (Å²) in [6.07, 6.45) is 0. The molecule has 0 amide bonds. The average molecular weight is 241 g/mol. The number of benzene rings is 1. The second kappa shape index (κ2) is 3.47. The molecular weight excluding hydrogens is 231 g/mol. The summed E-state index contributed by atoms with van der Waals surface area (Å²) in [5.41, 5.74) is 8.04. The number of hydrogen-bond acceptors (Lipinski definition) is 1. The summed E-state index contributed by atoms with van der Waals surface area (Å²) in [5.74, 6) is 0. The number of nitrogens with zero attached hydrogens (tertiary/aromatic N) is 1. The van der Waals surface area contributed by atoms with Crippen LogP contribution >= 0.6 is 23.2 Å². The molecule has 0 spiro atoms. The molecule has 15 heavy (non-hydrogen) atoms. The van der Waals surface area contributed by atoms with Crippen molar-refractivity contribution in [1.82, 2.24) is 4.57 Å². The van der Waals surface area contributed by atoms with Gasteiger partial charge in [-0.1, -0.05) is 29.8 Å². The molecule has 0 unspecified atom stereocenters. The summed E-state index contributed by atoms with van der Waals surface area (Å²) in [6, 6.07) is 5.58. The Kier molecular flexibility index (Phi) is 2.41. The maximum absolute atomic E-state index is 6.10. The van der Waals surface area contributed by atoms with Crippen LogP contribution in [0, 0.1) is 0 Å². The Labute approximate surface area is 97.9 Å². The fraction of sp³-hybridized carbons (Fsp3) is 0.0909. The zero-order valence-corrected chi connectivity index (χ0v) is 9.73. The van der Waals surface area contributed by atoms with E-state index in [-0.39, 0.29) is 0 Å². The van der Waals surface area contributed by atoms with Gasteiger partial charge in [-0.15, -0.1) is 0 Å². The quantitative estimate of drug-likeness (QED) is 0.814. The lowest BCUT2D eigenvalue weighted by molar-refractivity contribution is 0.945. The first-order chi connectivity index (χ1) is 7.02. The molecule has 2 N–H and O–H groups in total. The summed E-state index contributed by atoms with van der Waals surface area (Å²) < 4.78 is 1.94. The van der Waals surface area contributed by atoms with Gasteiger partial charge in [-0.3, -0.25) is 0 Å².